The SMILES string of the molecule is COCC(=O)N1CCN(Cc2cn[nH]c2-c2ccccc2F)CC1. The second-order valence-corrected chi connectivity index (χ2v) is 5.84. The Morgan fingerprint density at radius 2 is 2.04 bits per heavy atom. The van der Waals surface area contributed by atoms with Crippen LogP contribution in [0.3, 0.4) is 0 Å². The Morgan fingerprint density at radius 3 is 2.75 bits per heavy atom. The Labute approximate surface area is 140 Å². The highest BCUT2D eigenvalue weighted by atomic mass is 19.1. The number of aromatic nitrogens is 2. The van der Waals surface area contributed by atoms with E-state index in [4.69, 9.17) is 4.74 Å². The number of nitrogens with zero attached hydrogens (tertiary/aromatic N) is 3. The van der Waals surface area contributed by atoms with Crippen molar-refractivity contribution in [3.8, 4) is 11.3 Å². The summed E-state index contributed by atoms with van der Waals surface area (Å²) in [7, 11) is 1.53. The number of rotatable bonds is 5. The zero-order chi connectivity index (χ0) is 16.9. The van der Waals surface area contributed by atoms with E-state index >= 15 is 0 Å². The van der Waals surface area contributed by atoms with Crippen molar-refractivity contribution in [1.82, 2.24) is 20.0 Å². The molecule has 1 aromatic carbocycles. The smallest absolute Gasteiger partial charge is 0.248 e. The van der Waals surface area contributed by atoms with Crippen molar-refractivity contribution < 1.29 is 13.9 Å². The summed E-state index contributed by atoms with van der Waals surface area (Å²) in [6, 6.07) is 6.67. The number of amides is 1. The van der Waals surface area contributed by atoms with E-state index in [9.17, 15) is 9.18 Å². The first-order chi connectivity index (χ1) is 11.7. The van der Waals surface area contributed by atoms with Gasteiger partial charge >= 0.3 is 0 Å². The van der Waals surface area contributed by atoms with Crippen LogP contribution in [0, 0.1) is 5.82 Å². The molecule has 0 bridgehead atoms. The molecule has 128 valence electrons. The van der Waals surface area contributed by atoms with Crippen LogP contribution in [0.4, 0.5) is 4.39 Å². The number of methoxy groups -OCH3 is 1. The van der Waals surface area contributed by atoms with Gasteiger partial charge in [0.2, 0.25) is 5.91 Å². The highest BCUT2D eigenvalue weighted by molar-refractivity contribution is 5.77. The second kappa shape index (κ2) is 7.55. The number of ether oxygens (including phenoxy) is 1. The maximum absolute atomic E-state index is 14.0. The van der Waals surface area contributed by atoms with Crippen LogP contribution in [0.1, 0.15) is 5.56 Å². The molecule has 0 saturated carbocycles. The molecule has 2 aromatic rings. The molecule has 3 rings (SSSR count). The molecule has 1 N–H and O–H groups in total. The van der Waals surface area contributed by atoms with E-state index in [0.29, 0.717) is 30.9 Å². The lowest BCUT2D eigenvalue weighted by Gasteiger charge is -2.34. The van der Waals surface area contributed by atoms with Crippen LogP contribution in [0.2, 0.25) is 0 Å². The Hall–Kier alpha value is -2.25. The van der Waals surface area contributed by atoms with Gasteiger partial charge in [-0.2, -0.15) is 5.10 Å². The Morgan fingerprint density at radius 1 is 1.29 bits per heavy atom. The predicted octanol–water partition coefficient (Wildman–Crippen LogP) is 1.51. The molecule has 0 spiro atoms. The minimum atomic E-state index is -0.266. The lowest BCUT2D eigenvalue weighted by atomic mass is 10.1. The molecule has 0 unspecified atom stereocenters. The van der Waals surface area contributed by atoms with Crippen LogP contribution in [-0.2, 0) is 16.1 Å². The van der Waals surface area contributed by atoms with E-state index in [1.54, 1.807) is 18.3 Å². The van der Waals surface area contributed by atoms with Crippen LogP contribution >= 0.6 is 0 Å². The molecule has 24 heavy (non-hydrogen) atoms. The number of piperazine rings is 1. The fourth-order valence-corrected chi connectivity index (χ4v) is 2.94. The van der Waals surface area contributed by atoms with Gasteiger partial charge in [-0.25, -0.2) is 4.39 Å². The Bertz CT molecular complexity index is 695. The zero-order valence-corrected chi connectivity index (χ0v) is 13.7. The summed E-state index contributed by atoms with van der Waals surface area (Å²) in [6.07, 6.45) is 1.74. The summed E-state index contributed by atoms with van der Waals surface area (Å²) < 4.78 is 18.9. The highest BCUT2D eigenvalue weighted by Crippen LogP contribution is 2.25. The fraction of sp³-hybridized carbons (Fsp3) is 0.412. The molecule has 2 heterocycles. The molecule has 1 aliphatic rings. The topological polar surface area (TPSA) is 61.5 Å². The summed E-state index contributed by atoms with van der Waals surface area (Å²) in [5.74, 6) is -0.245. The van der Waals surface area contributed by atoms with Gasteiger partial charge in [0, 0.05) is 51.0 Å². The average molecular weight is 332 g/mol. The number of nitrogens with one attached hydrogen (secondary N) is 1. The first-order valence-electron chi connectivity index (χ1n) is 7.95. The van der Waals surface area contributed by atoms with Gasteiger partial charge in [-0.05, 0) is 12.1 Å². The monoisotopic (exact) mass is 332 g/mol. The number of hydrogen-bond acceptors (Lipinski definition) is 4. The summed E-state index contributed by atoms with van der Waals surface area (Å²) in [4.78, 5) is 15.9. The lowest BCUT2D eigenvalue weighted by Crippen LogP contribution is -2.49. The number of hydrogen-bond donors (Lipinski definition) is 1. The fourth-order valence-electron chi connectivity index (χ4n) is 2.94. The molecular formula is C17H21FN4O2. The maximum Gasteiger partial charge on any atom is 0.248 e. The molecule has 7 heteroatoms. The quantitative estimate of drug-likeness (QED) is 0.901. The molecule has 0 radical (unpaired) electrons. The zero-order valence-electron chi connectivity index (χ0n) is 13.7. The highest BCUT2D eigenvalue weighted by Gasteiger charge is 2.22. The van der Waals surface area contributed by atoms with Gasteiger partial charge in [0.05, 0.1) is 11.9 Å². The van der Waals surface area contributed by atoms with E-state index in [0.717, 1.165) is 18.7 Å². The Balaban J connectivity index is 1.64. The molecule has 1 aliphatic heterocycles. The Kier molecular flexibility index (Phi) is 5.22. The number of benzene rings is 1. The standard InChI is InChI=1S/C17H21FN4O2/c1-24-12-16(23)22-8-6-21(7-9-22)11-13-10-19-20-17(13)14-4-2-3-5-15(14)18/h2-5,10H,6-9,11-12H2,1H3,(H,19,20). The maximum atomic E-state index is 14.0. The van der Waals surface area contributed by atoms with Crippen molar-refractivity contribution in [2.75, 3.05) is 39.9 Å². The third kappa shape index (κ3) is 3.63. The van der Waals surface area contributed by atoms with E-state index in [1.807, 2.05) is 11.0 Å². The second-order valence-electron chi connectivity index (χ2n) is 5.84. The van der Waals surface area contributed by atoms with Crippen molar-refractivity contribution in [1.29, 1.82) is 0 Å². The van der Waals surface area contributed by atoms with Crippen molar-refractivity contribution >= 4 is 5.91 Å². The van der Waals surface area contributed by atoms with Gasteiger partial charge in [-0.1, -0.05) is 12.1 Å². The molecule has 6 nitrogen and oxygen atoms in total. The minimum Gasteiger partial charge on any atom is -0.375 e. The molecule has 0 aliphatic carbocycles. The number of carbonyl (C=O) groups excluding carboxylic acids is 1. The van der Waals surface area contributed by atoms with Gasteiger partial charge in [-0.3, -0.25) is 14.8 Å². The number of halogens is 1. The van der Waals surface area contributed by atoms with Crippen molar-refractivity contribution in [2.24, 2.45) is 0 Å². The van der Waals surface area contributed by atoms with Crippen LogP contribution < -0.4 is 0 Å². The number of aromatic amines is 1. The third-order valence-electron chi connectivity index (χ3n) is 4.25. The molecule has 1 fully saturated rings. The lowest BCUT2D eigenvalue weighted by molar-refractivity contribution is -0.136. The molecule has 1 amide bonds. The largest absolute Gasteiger partial charge is 0.375 e. The van der Waals surface area contributed by atoms with Crippen LogP contribution in [0.25, 0.3) is 11.3 Å². The predicted molar refractivity (Wildman–Crippen MR) is 87.7 cm³/mol. The van der Waals surface area contributed by atoms with Crippen LogP contribution in [-0.4, -0.2) is 65.8 Å². The van der Waals surface area contributed by atoms with E-state index in [-0.39, 0.29) is 18.3 Å². The number of carbonyl (C=O) groups is 1. The van der Waals surface area contributed by atoms with Gasteiger partial charge < -0.3 is 9.64 Å². The summed E-state index contributed by atoms with van der Waals surface area (Å²) in [6.45, 7) is 3.70. The van der Waals surface area contributed by atoms with E-state index < -0.39 is 0 Å². The first kappa shape index (κ1) is 16.6. The summed E-state index contributed by atoms with van der Waals surface area (Å²) >= 11 is 0. The van der Waals surface area contributed by atoms with Crippen molar-refractivity contribution in [3.63, 3.8) is 0 Å². The van der Waals surface area contributed by atoms with E-state index in [1.165, 1.54) is 13.2 Å². The van der Waals surface area contributed by atoms with Gasteiger partial charge in [0.15, 0.2) is 0 Å². The number of H-pyrrole nitrogens is 1. The average Bonchev–Trinajstić information content (AvgIpc) is 3.04. The van der Waals surface area contributed by atoms with Gasteiger partial charge in [-0.15, -0.1) is 0 Å². The van der Waals surface area contributed by atoms with Crippen molar-refractivity contribution in [2.45, 2.75) is 6.54 Å². The van der Waals surface area contributed by atoms with Crippen molar-refractivity contribution in [3.05, 3.63) is 41.8 Å². The molecule has 1 aromatic heterocycles. The van der Waals surface area contributed by atoms with E-state index in [2.05, 4.69) is 15.1 Å². The third-order valence-corrected chi connectivity index (χ3v) is 4.25. The minimum absolute atomic E-state index is 0.0208. The van der Waals surface area contributed by atoms with Gasteiger partial charge in [0.25, 0.3) is 0 Å². The molecule has 1 saturated heterocycles. The normalized spacial score (nSPS) is 15.7. The van der Waals surface area contributed by atoms with Crippen LogP contribution in [0.5, 0.6) is 0 Å². The molecular weight excluding hydrogens is 311 g/mol. The first-order valence-corrected chi connectivity index (χ1v) is 7.95. The van der Waals surface area contributed by atoms with Gasteiger partial charge in [0.1, 0.15) is 12.4 Å². The summed E-state index contributed by atoms with van der Waals surface area (Å²) in [5, 5.41) is 6.97. The summed E-state index contributed by atoms with van der Waals surface area (Å²) in [5.41, 5.74) is 2.20. The molecule has 0 atom stereocenters. The van der Waals surface area contributed by atoms with Crippen LogP contribution in [0.15, 0.2) is 30.5 Å².